The number of hydrogen-bond donors (Lipinski definition) is 0. The standard InChI is InChI=1S/C14H17F3N2.C13H20N2O2/c1-3-7-19(8-4-2)12-6-5-11(10-18)13(9-12)14(15,16)17;1-4-6-9-14(5-2)12-7-8-13(15(16)17)11(3)10-12/h5-6,9H,3-4,7-8H2,1-2H3;7-8,10H,4-6,9H2,1-3H3. The highest BCUT2D eigenvalue weighted by Gasteiger charge is 2.34. The third-order valence-electron chi connectivity index (χ3n) is 5.69. The summed E-state index contributed by atoms with van der Waals surface area (Å²) in [6, 6.07) is 10.8. The van der Waals surface area contributed by atoms with Gasteiger partial charge in [0.15, 0.2) is 0 Å². The molecular formula is C27H37F3N4O2. The minimum Gasteiger partial charge on any atom is -0.372 e. The fourth-order valence-corrected chi connectivity index (χ4v) is 3.83. The van der Waals surface area contributed by atoms with Gasteiger partial charge in [-0.1, -0.05) is 27.2 Å². The van der Waals surface area contributed by atoms with Gasteiger partial charge in [0, 0.05) is 49.2 Å². The van der Waals surface area contributed by atoms with Crippen LogP contribution in [0.2, 0.25) is 0 Å². The summed E-state index contributed by atoms with van der Waals surface area (Å²) in [5.74, 6) is 0. The van der Waals surface area contributed by atoms with E-state index in [1.807, 2.05) is 30.9 Å². The van der Waals surface area contributed by atoms with Crippen LogP contribution in [0.4, 0.5) is 30.2 Å². The van der Waals surface area contributed by atoms with E-state index in [0.29, 0.717) is 18.8 Å². The average Bonchev–Trinajstić information content (AvgIpc) is 2.83. The van der Waals surface area contributed by atoms with E-state index in [-0.39, 0.29) is 16.2 Å². The van der Waals surface area contributed by atoms with E-state index in [2.05, 4.69) is 18.7 Å². The van der Waals surface area contributed by atoms with Crippen molar-refractivity contribution in [2.75, 3.05) is 36.0 Å². The number of unbranched alkanes of at least 4 members (excludes halogenated alkanes) is 1. The Balaban J connectivity index is 0.000000362. The summed E-state index contributed by atoms with van der Waals surface area (Å²) in [6.45, 7) is 13.4. The Labute approximate surface area is 212 Å². The van der Waals surface area contributed by atoms with Gasteiger partial charge >= 0.3 is 6.18 Å². The summed E-state index contributed by atoms with van der Waals surface area (Å²) in [6.07, 6.45) is -0.472. The van der Waals surface area contributed by atoms with Crippen LogP contribution in [0.5, 0.6) is 0 Å². The summed E-state index contributed by atoms with van der Waals surface area (Å²) in [5.41, 5.74) is 1.33. The Hall–Kier alpha value is -3.28. The third-order valence-corrected chi connectivity index (χ3v) is 5.69. The maximum atomic E-state index is 12.9. The Bertz CT molecular complexity index is 1010. The molecule has 0 spiro atoms. The lowest BCUT2D eigenvalue weighted by molar-refractivity contribution is -0.385. The van der Waals surface area contributed by atoms with Crippen molar-refractivity contribution in [1.29, 1.82) is 5.26 Å². The number of nitriles is 1. The highest BCUT2D eigenvalue weighted by Crippen LogP contribution is 2.34. The molecule has 0 aromatic heterocycles. The van der Waals surface area contributed by atoms with Crippen molar-refractivity contribution in [3.63, 3.8) is 0 Å². The number of nitrogens with zero attached hydrogens (tertiary/aromatic N) is 4. The summed E-state index contributed by atoms with van der Waals surface area (Å²) in [7, 11) is 0. The van der Waals surface area contributed by atoms with Crippen LogP contribution < -0.4 is 9.80 Å². The smallest absolute Gasteiger partial charge is 0.372 e. The lowest BCUT2D eigenvalue weighted by Crippen LogP contribution is -2.25. The first-order valence-electron chi connectivity index (χ1n) is 12.4. The topological polar surface area (TPSA) is 73.4 Å². The molecule has 0 aliphatic carbocycles. The van der Waals surface area contributed by atoms with Crippen LogP contribution in [-0.2, 0) is 6.18 Å². The summed E-state index contributed by atoms with van der Waals surface area (Å²) in [4.78, 5) is 14.6. The maximum absolute atomic E-state index is 12.9. The number of rotatable bonds is 11. The van der Waals surface area contributed by atoms with E-state index in [4.69, 9.17) is 5.26 Å². The zero-order chi connectivity index (χ0) is 27.3. The Kier molecular flexibility index (Phi) is 12.8. The van der Waals surface area contributed by atoms with Gasteiger partial charge in [-0.3, -0.25) is 10.1 Å². The first-order chi connectivity index (χ1) is 17.0. The number of halogens is 3. The number of anilines is 2. The molecule has 0 unspecified atom stereocenters. The molecule has 0 atom stereocenters. The molecule has 36 heavy (non-hydrogen) atoms. The molecule has 9 heteroatoms. The second kappa shape index (κ2) is 15.0. The normalized spacial score (nSPS) is 10.8. The fourth-order valence-electron chi connectivity index (χ4n) is 3.83. The molecule has 0 saturated carbocycles. The van der Waals surface area contributed by atoms with Crippen LogP contribution in [0, 0.1) is 28.4 Å². The third kappa shape index (κ3) is 9.06. The molecule has 0 aliphatic heterocycles. The van der Waals surface area contributed by atoms with Crippen molar-refractivity contribution in [2.24, 2.45) is 0 Å². The van der Waals surface area contributed by atoms with E-state index in [9.17, 15) is 23.3 Å². The minimum atomic E-state index is -4.49. The number of benzene rings is 2. The predicted molar refractivity (Wildman–Crippen MR) is 140 cm³/mol. The van der Waals surface area contributed by atoms with Crippen molar-refractivity contribution < 1.29 is 18.1 Å². The Morgan fingerprint density at radius 1 is 0.917 bits per heavy atom. The van der Waals surface area contributed by atoms with E-state index < -0.39 is 11.7 Å². The van der Waals surface area contributed by atoms with Gasteiger partial charge in [-0.25, -0.2) is 0 Å². The van der Waals surface area contributed by atoms with Crippen molar-refractivity contribution in [3.05, 3.63) is 63.2 Å². The minimum absolute atomic E-state index is 0.195. The lowest BCUT2D eigenvalue weighted by Gasteiger charge is -2.25. The quantitative estimate of drug-likeness (QED) is 0.230. The monoisotopic (exact) mass is 506 g/mol. The van der Waals surface area contributed by atoms with Crippen molar-refractivity contribution in [2.45, 2.75) is 66.5 Å². The van der Waals surface area contributed by atoms with E-state index >= 15 is 0 Å². The highest BCUT2D eigenvalue weighted by molar-refractivity contribution is 5.56. The number of alkyl halides is 3. The number of hydrogen-bond acceptors (Lipinski definition) is 5. The zero-order valence-corrected chi connectivity index (χ0v) is 21.9. The molecular weight excluding hydrogens is 469 g/mol. The molecule has 0 fully saturated rings. The van der Waals surface area contributed by atoms with E-state index in [1.54, 1.807) is 25.1 Å². The molecule has 0 bridgehead atoms. The average molecular weight is 507 g/mol. The zero-order valence-electron chi connectivity index (χ0n) is 21.9. The van der Waals surface area contributed by atoms with Crippen LogP contribution in [-0.4, -0.2) is 31.1 Å². The van der Waals surface area contributed by atoms with Crippen LogP contribution in [0.25, 0.3) is 0 Å². The molecule has 2 rings (SSSR count). The van der Waals surface area contributed by atoms with Gasteiger partial charge in [0.25, 0.3) is 5.69 Å². The maximum Gasteiger partial charge on any atom is 0.417 e. The SMILES string of the molecule is CCCCN(CC)c1ccc([N+](=O)[O-])c(C)c1.CCCN(CCC)c1ccc(C#N)c(C(F)(F)F)c1. The molecule has 0 saturated heterocycles. The molecule has 6 nitrogen and oxygen atoms in total. The second-order valence-corrected chi connectivity index (χ2v) is 8.49. The Morgan fingerprint density at radius 3 is 1.94 bits per heavy atom. The van der Waals surface area contributed by atoms with Gasteiger partial charge in [0.1, 0.15) is 0 Å². The largest absolute Gasteiger partial charge is 0.417 e. The number of nitro groups is 1. The fraction of sp³-hybridized carbons (Fsp3) is 0.519. The van der Waals surface area contributed by atoms with Gasteiger partial charge in [0.05, 0.1) is 22.1 Å². The van der Waals surface area contributed by atoms with Crippen molar-refractivity contribution in [1.82, 2.24) is 0 Å². The number of aryl methyl sites for hydroxylation is 1. The molecule has 0 heterocycles. The van der Waals surface area contributed by atoms with Crippen LogP contribution in [0.3, 0.4) is 0 Å². The first-order valence-corrected chi connectivity index (χ1v) is 12.4. The highest BCUT2D eigenvalue weighted by atomic mass is 19.4. The molecule has 198 valence electrons. The summed E-state index contributed by atoms with van der Waals surface area (Å²) in [5, 5.41) is 19.5. The van der Waals surface area contributed by atoms with Gasteiger partial charge in [-0.2, -0.15) is 18.4 Å². The molecule has 0 aliphatic rings. The van der Waals surface area contributed by atoms with E-state index in [0.717, 1.165) is 56.1 Å². The summed E-state index contributed by atoms with van der Waals surface area (Å²) >= 11 is 0. The van der Waals surface area contributed by atoms with Crippen molar-refractivity contribution in [3.8, 4) is 6.07 Å². The second-order valence-electron chi connectivity index (χ2n) is 8.49. The number of nitro benzene ring substituents is 1. The lowest BCUT2D eigenvalue weighted by atomic mass is 10.1. The van der Waals surface area contributed by atoms with Gasteiger partial charge < -0.3 is 9.80 Å². The van der Waals surface area contributed by atoms with E-state index in [1.165, 1.54) is 6.07 Å². The molecule has 2 aromatic rings. The molecule has 0 radical (unpaired) electrons. The van der Waals surface area contributed by atoms with Crippen LogP contribution in [0.1, 0.15) is 70.1 Å². The Morgan fingerprint density at radius 2 is 1.50 bits per heavy atom. The van der Waals surface area contributed by atoms with Crippen LogP contribution in [0.15, 0.2) is 36.4 Å². The predicted octanol–water partition coefficient (Wildman–Crippen LogP) is 7.73. The van der Waals surface area contributed by atoms with Gasteiger partial charge in [-0.15, -0.1) is 0 Å². The molecule has 0 amide bonds. The van der Waals surface area contributed by atoms with Gasteiger partial charge in [0.2, 0.25) is 0 Å². The first kappa shape index (κ1) is 30.8. The summed E-state index contributed by atoms with van der Waals surface area (Å²) < 4.78 is 38.6. The molecule has 0 N–H and O–H groups in total. The van der Waals surface area contributed by atoms with Crippen LogP contribution >= 0.6 is 0 Å². The van der Waals surface area contributed by atoms with Crippen molar-refractivity contribution >= 4 is 17.1 Å². The van der Waals surface area contributed by atoms with Gasteiger partial charge in [-0.05, 0) is 63.4 Å². The molecule has 2 aromatic carbocycles.